The Morgan fingerprint density at radius 2 is 1.80 bits per heavy atom. The lowest BCUT2D eigenvalue weighted by molar-refractivity contribution is -0.111. The lowest BCUT2D eigenvalue weighted by Gasteiger charge is -2.11. The Morgan fingerprint density at radius 1 is 1.08 bits per heavy atom. The molecule has 1 amide bonds. The molecule has 2 rings (SSSR count). The molecule has 0 spiro atoms. The SMILES string of the molecule is CCOc1ccc(/C=C/C(=O)Nc2cc(C)ccc2F)cc1OCC. The molecule has 4 nitrogen and oxygen atoms in total. The van der Waals surface area contributed by atoms with E-state index >= 15 is 0 Å². The van der Waals surface area contributed by atoms with E-state index in [9.17, 15) is 9.18 Å². The van der Waals surface area contributed by atoms with E-state index in [2.05, 4.69) is 5.32 Å². The van der Waals surface area contributed by atoms with Gasteiger partial charge >= 0.3 is 0 Å². The number of benzene rings is 2. The fourth-order valence-corrected chi connectivity index (χ4v) is 2.25. The molecule has 2 aromatic rings. The standard InChI is InChI=1S/C20H22FNO3/c1-4-24-18-10-7-15(13-19(18)25-5-2)8-11-20(23)22-17-12-14(3)6-9-16(17)21/h6-13H,4-5H2,1-3H3,(H,22,23)/b11-8+. The molecule has 1 N–H and O–H groups in total. The quantitative estimate of drug-likeness (QED) is 0.748. The van der Waals surface area contributed by atoms with Crippen molar-refractivity contribution in [2.45, 2.75) is 20.8 Å². The van der Waals surface area contributed by atoms with Crippen LogP contribution in [0, 0.1) is 12.7 Å². The molecule has 25 heavy (non-hydrogen) atoms. The molecule has 0 saturated heterocycles. The van der Waals surface area contributed by atoms with E-state index < -0.39 is 11.7 Å². The van der Waals surface area contributed by atoms with Crippen LogP contribution in [-0.4, -0.2) is 19.1 Å². The number of anilines is 1. The molecule has 2 aromatic carbocycles. The molecule has 0 saturated carbocycles. The van der Waals surface area contributed by atoms with Crippen LogP contribution in [-0.2, 0) is 4.79 Å². The van der Waals surface area contributed by atoms with Gasteiger partial charge in [0, 0.05) is 6.08 Å². The van der Waals surface area contributed by atoms with Gasteiger partial charge in [0.2, 0.25) is 5.91 Å². The van der Waals surface area contributed by atoms with Gasteiger partial charge in [-0.1, -0.05) is 12.1 Å². The first-order chi connectivity index (χ1) is 12.0. The molecule has 5 heteroatoms. The second-order valence-electron chi connectivity index (χ2n) is 5.38. The van der Waals surface area contributed by atoms with Gasteiger partial charge in [0.05, 0.1) is 18.9 Å². The van der Waals surface area contributed by atoms with Crippen molar-refractivity contribution in [3.8, 4) is 11.5 Å². The van der Waals surface area contributed by atoms with E-state index in [0.717, 1.165) is 11.1 Å². The second kappa shape index (κ2) is 8.87. The summed E-state index contributed by atoms with van der Waals surface area (Å²) in [5.74, 6) is 0.410. The molecular formula is C20H22FNO3. The topological polar surface area (TPSA) is 47.6 Å². The zero-order chi connectivity index (χ0) is 18.2. The average Bonchev–Trinajstić information content (AvgIpc) is 2.59. The Hall–Kier alpha value is -2.82. The number of carbonyl (C=O) groups is 1. The molecular weight excluding hydrogens is 321 g/mol. The van der Waals surface area contributed by atoms with Gasteiger partial charge in [-0.25, -0.2) is 4.39 Å². The number of hydrogen-bond donors (Lipinski definition) is 1. The zero-order valence-electron chi connectivity index (χ0n) is 14.6. The largest absolute Gasteiger partial charge is 0.490 e. The van der Waals surface area contributed by atoms with E-state index in [1.54, 1.807) is 30.3 Å². The lowest BCUT2D eigenvalue weighted by atomic mass is 10.2. The van der Waals surface area contributed by atoms with Crippen molar-refractivity contribution >= 4 is 17.7 Å². The van der Waals surface area contributed by atoms with Crippen LogP contribution in [0.1, 0.15) is 25.0 Å². The number of rotatable bonds is 7. The minimum absolute atomic E-state index is 0.163. The molecule has 0 atom stereocenters. The van der Waals surface area contributed by atoms with Crippen molar-refractivity contribution < 1.29 is 18.7 Å². The molecule has 0 radical (unpaired) electrons. The number of ether oxygens (including phenoxy) is 2. The fraction of sp³-hybridized carbons (Fsp3) is 0.250. The van der Waals surface area contributed by atoms with Crippen LogP contribution in [0.2, 0.25) is 0 Å². The summed E-state index contributed by atoms with van der Waals surface area (Å²) in [6.45, 7) is 6.68. The van der Waals surface area contributed by atoms with Crippen LogP contribution in [0.3, 0.4) is 0 Å². The highest BCUT2D eigenvalue weighted by Gasteiger charge is 2.07. The molecule has 0 heterocycles. The predicted molar refractivity (Wildman–Crippen MR) is 97.6 cm³/mol. The first kappa shape index (κ1) is 18.5. The Morgan fingerprint density at radius 3 is 2.52 bits per heavy atom. The number of hydrogen-bond acceptors (Lipinski definition) is 3. The highest BCUT2D eigenvalue weighted by atomic mass is 19.1. The Kier molecular flexibility index (Phi) is 6.57. The predicted octanol–water partition coefficient (Wildman–Crippen LogP) is 4.58. The van der Waals surface area contributed by atoms with Gasteiger partial charge in [-0.2, -0.15) is 0 Å². The molecule has 0 aliphatic rings. The number of amides is 1. The van der Waals surface area contributed by atoms with Crippen molar-refractivity contribution in [2.75, 3.05) is 18.5 Å². The van der Waals surface area contributed by atoms with Crippen molar-refractivity contribution in [3.63, 3.8) is 0 Å². The smallest absolute Gasteiger partial charge is 0.248 e. The van der Waals surface area contributed by atoms with Gasteiger partial charge < -0.3 is 14.8 Å². The first-order valence-corrected chi connectivity index (χ1v) is 8.18. The molecule has 0 aromatic heterocycles. The minimum atomic E-state index is -0.466. The van der Waals surface area contributed by atoms with Crippen molar-refractivity contribution in [1.29, 1.82) is 0 Å². The Bertz CT molecular complexity index is 772. The number of carbonyl (C=O) groups excluding carboxylic acids is 1. The second-order valence-corrected chi connectivity index (χ2v) is 5.38. The summed E-state index contributed by atoms with van der Waals surface area (Å²) >= 11 is 0. The van der Waals surface area contributed by atoms with Gasteiger partial charge in [0.25, 0.3) is 0 Å². The van der Waals surface area contributed by atoms with Crippen molar-refractivity contribution in [1.82, 2.24) is 0 Å². The maximum Gasteiger partial charge on any atom is 0.248 e. The van der Waals surface area contributed by atoms with Crippen LogP contribution in [0.5, 0.6) is 11.5 Å². The third kappa shape index (κ3) is 5.35. The van der Waals surface area contributed by atoms with Crippen LogP contribution >= 0.6 is 0 Å². The Balaban J connectivity index is 2.11. The van der Waals surface area contributed by atoms with Crippen LogP contribution in [0.25, 0.3) is 6.08 Å². The maximum absolute atomic E-state index is 13.7. The van der Waals surface area contributed by atoms with Gasteiger partial charge in [-0.05, 0) is 62.2 Å². The third-order valence-corrected chi connectivity index (χ3v) is 3.37. The summed E-state index contributed by atoms with van der Waals surface area (Å²) in [4.78, 5) is 12.0. The molecule has 0 fully saturated rings. The van der Waals surface area contributed by atoms with Gasteiger partial charge in [0.1, 0.15) is 5.82 Å². The normalized spacial score (nSPS) is 10.7. The molecule has 132 valence electrons. The summed E-state index contributed by atoms with van der Waals surface area (Å²) < 4.78 is 24.7. The molecule has 0 aliphatic carbocycles. The summed E-state index contributed by atoms with van der Waals surface area (Å²) in [5, 5.41) is 2.54. The summed E-state index contributed by atoms with van der Waals surface area (Å²) in [7, 11) is 0. The molecule has 0 aliphatic heterocycles. The maximum atomic E-state index is 13.7. The highest BCUT2D eigenvalue weighted by molar-refractivity contribution is 6.02. The summed E-state index contributed by atoms with van der Waals surface area (Å²) in [6, 6.07) is 9.99. The summed E-state index contributed by atoms with van der Waals surface area (Å²) in [6.07, 6.45) is 2.99. The van der Waals surface area contributed by atoms with E-state index in [4.69, 9.17) is 9.47 Å². The van der Waals surface area contributed by atoms with Crippen molar-refractivity contribution in [2.24, 2.45) is 0 Å². The number of halogens is 1. The molecule has 0 unspecified atom stereocenters. The van der Waals surface area contributed by atoms with E-state index in [1.807, 2.05) is 26.8 Å². The molecule has 0 bridgehead atoms. The van der Waals surface area contributed by atoms with Crippen LogP contribution in [0.15, 0.2) is 42.5 Å². The first-order valence-electron chi connectivity index (χ1n) is 8.18. The van der Waals surface area contributed by atoms with E-state index in [-0.39, 0.29) is 5.69 Å². The van der Waals surface area contributed by atoms with Crippen molar-refractivity contribution in [3.05, 3.63) is 59.4 Å². The van der Waals surface area contributed by atoms with E-state index in [0.29, 0.717) is 24.7 Å². The average molecular weight is 343 g/mol. The van der Waals surface area contributed by atoms with Gasteiger partial charge in [0.15, 0.2) is 11.5 Å². The monoisotopic (exact) mass is 343 g/mol. The minimum Gasteiger partial charge on any atom is -0.490 e. The van der Waals surface area contributed by atoms with Gasteiger partial charge in [-0.3, -0.25) is 4.79 Å². The zero-order valence-corrected chi connectivity index (χ0v) is 14.6. The lowest BCUT2D eigenvalue weighted by Crippen LogP contribution is -2.09. The van der Waals surface area contributed by atoms with Crippen LogP contribution < -0.4 is 14.8 Å². The highest BCUT2D eigenvalue weighted by Crippen LogP contribution is 2.29. The van der Waals surface area contributed by atoms with Gasteiger partial charge in [-0.15, -0.1) is 0 Å². The van der Waals surface area contributed by atoms with Crippen LogP contribution in [0.4, 0.5) is 10.1 Å². The number of aryl methyl sites for hydroxylation is 1. The number of nitrogens with one attached hydrogen (secondary N) is 1. The third-order valence-electron chi connectivity index (χ3n) is 3.37. The van der Waals surface area contributed by atoms with E-state index in [1.165, 1.54) is 12.1 Å². The summed E-state index contributed by atoms with van der Waals surface area (Å²) in [5.41, 5.74) is 1.82. The fourth-order valence-electron chi connectivity index (χ4n) is 2.25. The Labute approximate surface area is 147 Å².